The molecule has 3 heteroatoms. The molecule has 0 aliphatic heterocycles. The second kappa shape index (κ2) is 6.78. The summed E-state index contributed by atoms with van der Waals surface area (Å²) in [7, 11) is 0. The van der Waals surface area contributed by atoms with Crippen LogP contribution in [0.1, 0.15) is 64.4 Å². The summed E-state index contributed by atoms with van der Waals surface area (Å²) in [6, 6.07) is 6.67. The van der Waals surface area contributed by atoms with Crippen LogP contribution >= 0.6 is 0 Å². The van der Waals surface area contributed by atoms with Crippen molar-refractivity contribution in [3.05, 3.63) is 52.9 Å². The Morgan fingerprint density at radius 2 is 1.90 bits per heavy atom. The van der Waals surface area contributed by atoms with Crippen molar-refractivity contribution < 1.29 is 14.6 Å². The average molecular weight is 397 g/mol. The molecule has 0 aromatic heterocycles. The molecule has 3 saturated carbocycles. The maximum Gasteiger partial charge on any atom is 0.123 e. The minimum Gasteiger partial charge on any atom is -0.393 e. The van der Waals surface area contributed by atoms with Gasteiger partial charge >= 0.3 is 0 Å². The van der Waals surface area contributed by atoms with Gasteiger partial charge in [-0.15, -0.1) is 0 Å². The lowest BCUT2D eigenvalue weighted by Crippen LogP contribution is -2.51. The van der Waals surface area contributed by atoms with Gasteiger partial charge in [-0.25, -0.2) is 4.39 Å². The number of allylic oxidation sites excluding steroid dienone is 1. The van der Waals surface area contributed by atoms with Gasteiger partial charge in [0.1, 0.15) is 5.82 Å². The van der Waals surface area contributed by atoms with Crippen molar-refractivity contribution in [1.82, 2.24) is 0 Å². The maximum absolute atomic E-state index is 13.6. The maximum atomic E-state index is 13.6. The molecule has 1 aromatic carbocycles. The van der Waals surface area contributed by atoms with Crippen LogP contribution in [-0.2, 0) is 0 Å². The van der Waals surface area contributed by atoms with Crippen molar-refractivity contribution >= 4 is 6.08 Å². The Labute approximate surface area is 173 Å². The number of halogens is 1. The molecule has 0 saturated heterocycles. The van der Waals surface area contributed by atoms with Crippen LogP contribution in [0, 0.1) is 34.4 Å². The van der Waals surface area contributed by atoms with E-state index in [1.54, 1.807) is 12.1 Å². The Bertz CT molecular complexity index is 873. The lowest BCUT2D eigenvalue weighted by atomic mass is 9.48. The van der Waals surface area contributed by atoms with Crippen LogP contribution in [0.25, 0.3) is 6.08 Å². The second-order valence-corrected chi connectivity index (χ2v) is 10.6. The molecule has 0 spiro atoms. The molecule has 0 unspecified atom stereocenters. The van der Waals surface area contributed by atoms with E-state index < -0.39 is 6.10 Å². The van der Waals surface area contributed by atoms with Crippen LogP contribution in [0.15, 0.2) is 41.5 Å². The van der Waals surface area contributed by atoms with Crippen LogP contribution in [0.3, 0.4) is 0 Å². The lowest BCUT2D eigenvalue weighted by molar-refractivity contribution is -0.0685. The van der Waals surface area contributed by atoms with E-state index in [0.717, 1.165) is 56.1 Å². The number of hydrogen-bond donors (Lipinski definition) is 2. The van der Waals surface area contributed by atoms with Crippen molar-refractivity contribution in [3.8, 4) is 0 Å². The van der Waals surface area contributed by atoms with E-state index in [2.05, 4.69) is 19.9 Å². The van der Waals surface area contributed by atoms with Gasteiger partial charge in [0.15, 0.2) is 0 Å². The fourth-order valence-electron chi connectivity index (χ4n) is 7.45. The first kappa shape index (κ1) is 19.5. The van der Waals surface area contributed by atoms with Gasteiger partial charge < -0.3 is 10.2 Å². The highest BCUT2D eigenvalue weighted by Crippen LogP contribution is 2.65. The van der Waals surface area contributed by atoms with E-state index in [1.165, 1.54) is 11.6 Å². The molecular formula is C26H33FO2. The molecule has 0 heterocycles. The van der Waals surface area contributed by atoms with Gasteiger partial charge in [0, 0.05) is 5.41 Å². The first-order chi connectivity index (χ1) is 13.8. The Morgan fingerprint density at radius 3 is 2.69 bits per heavy atom. The summed E-state index contributed by atoms with van der Waals surface area (Å²) < 4.78 is 13.6. The van der Waals surface area contributed by atoms with E-state index in [0.29, 0.717) is 17.8 Å². The zero-order chi connectivity index (χ0) is 20.4. The predicted octanol–water partition coefficient (Wildman–Crippen LogP) is 5.50. The molecule has 7 atom stereocenters. The zero-order valence-electron chi connectivity index (χ0n) is 17.6. The molecule has 4 aliphatic rings. The molecule has 156 valence electrons. The van der Waals surface area contributed by atoms with Crippen LogP contribution in [-0.4, -0.2) is 22.4 Å². The summed E-state index contributed by atoms with van der Waals surface area (Å²) in [5, 5.41) is 21.5. The van der Waals surface area contributed by atoms with E-state index in [-0.39, 0.29) is 22.8 Å². The van der Waals surface area contributed by atoms with Crippen molar-refractivity contribution in [2.75, 3.05) is 0 Å². The van der Waals surface area contributed by atoms with Gasteiger partial charge in [-0.3, -0.25) is 0 Å². The third kappa shape index (κ3) is 2.96. The first-order valence-electron chi connectivity index (χ1n) is 11.3. The third-order valence-corrected chi connectivity index (χ3v) is 9.15. The summed E-state index contributed by atoms with van der Waals surface area (Å²) in [4.78, 5) is 0. The molecule has 2 nitrogen and oxygen atoms in total. The summed E-state index contributed by atoms with van der Waals surface area (Å²) in [6.45, 7) is 4.70. The minimum atomic E-state index is -0.442. The average Bonchev–Trinajstić information content (AvgIpc) is 2.93. The van der Waals surface area contributed by atoms with Crippen LogP contribution < -0.4 is 0 Å². The van der Waals surface area contributed by atoms with Gasteiger partial charge in [-0.05, 0) is 91.4 Å². The zero-order valence-corrected chi connectivity index (χ0v) is 17.6. The van der Waals surface area contributed by atoms with Gasteiger partial charge in [0.25, 0.3) is 0 Å². The fourth-order valence-corrected chi connectivity index (χ4v) is 7.45. The second-order valence-electron chi connectivity index (χ2n) is 10.6. The topological polar surface area (TPSA) is 40.5 Å². The van der Waals surface area contributed by atoms with Crippen LogP contribution in [0.5, 0.6) is 0 Å². The molecule has 3 fully saturated rings. The van der Waals surface area contributed by atoms with Gasteiger partial charge in [-0.2, -0.15) is 0 Å². The van der Waals surface area contributed by atoms with Gasteiger partial charge in [0.2, 0.25) is 0 Å². The van der Waals surface area contributed by atoms with Crippen LogP contribution in [0.2, 0.25) is 0 Å². The van der Waals surface area contributed by atoms with E-state index in [4.69, 9.17) is 0 Å². The highest BCUT2D eigenvalue weighted by atomic mass is 19.1. The molecule has 4 aliphatic carbocycles. The molecule has 2 N–H and O–H groups in total. The van der Waals surface area contributed by atoms with E-state index >= 15 is 0 Å². The summed E-state index contributed by atoms with van der Waals surface area (Å²) >= 11 is 0. The van der Waals surface area contributed by atoms with E-state index in [9.17, 15) is 14.6 Å². The van der Waals surface area contributed by atoms with Crippen molar-refractivity contribution in [3.63, 3.8) is 0 Å². The van der Waals surface area contributed by atoms with Gasteiger partial charge in [-0.1, -0.05) is 43.7 Å². The Morgan fingerprint density at radius 1 is 1.07 bits per heavy atom. The number of fused-ring (bicyclic) bond motifs is 5. The summed E-state index contributed by atoms with van der Waals surface area (Å²) in [5.74, 6) is 1.48. The summed E-state index contributed by atoms with van der Waals surface area (Å²) in [6.07, 6.45) is 10.9. The monoisotopic (exact) mass is 396 g/mol. The number of aliphatic hydroxyl groups excluding tert-OH is 2. The van der Waals surface area contributed by atoms with Crippen molar-refractivity contribution in [2.24, 2.45) is 28.6 Å². The molecule has 0 bridgehead atoms. The Kier molecular flexibility index (Phi) is 4.56. The molecule has 1 aromatic rings. The van der Waals surface area contributed by atoms with Crippen molar-refractivity contribution in [1.29, 1.82) is 0 Å². The van der Waals surface area contributed by atoms with Gasteiger partial charge in [0.05, 0.1) is 12.2 Å². The standard InChI is InChI=1S/C26H33FO2/c1-25-10-8-20(28)15-18(25)6-7-21-22(25)9-11-26(2)23(21)14-17(24(26)29)12-16-4-3-5-19(27)13-16/h3-6,12-13,20-24,28-29H,7-11,14-15H2,1-2H3/b17-12-/t20-,21-,22+,23+,24-,25-,26+/m0/s1. The first-order valence-corrected chi connectivity index (χ1v) is 11.3. The largest absolute Gasteiger partial charge is 0.393 e. The number of hydrogen-bond acceptors (Lipinski definition) is 2. The Hall–Kier alpha value is -1.45. The molecule has 0 radical (unpaired) electrons. The number of rotatable bonds is 1. The van der Waals surface area contributed by atoms with Crippen molar-refractivity contribution in [2.45, 2.75) is 71.0 Å². The number of benzene rings is 1. The highest BCUT2D eigenvalue weighted by molar-refractivity contribution is 5.55. The lowest BCUT2D eigenvalue weighted by Gasteiger charge is -2.57. The molecular weight excluding hydrogens is 363 g/mol. The normalized spacial score (nSPS) is 45.3. The summed E-state index contributed by atoms with van der Waals surface area (Å²) in [5.41, 5.74) is 3.52. The predicted molar refractivity (Wildman–Crippen MR) is 113 cm³/mol. The fraction of sp³-hybridized carbons (Fsp3) is 0.615. The van der Waals surface area contributed by atoms with E-state index in [1.807, 2.05) is 12.1 Å². The highest BCUT2D eigenvalue weighted by Gasteiger charge is 2.59. The SMILES string of the molecule is C[C@@]12CC[C@@H]3[C@H](CC=C4C[C@@H](O)CC[C@@]43C)[C@H]1C/C(=C/c1cccc(F)c1)[C@@H]2O. The van der Waals surface area contributed by atoms with Crippen LogP contribution in [0.4, 0.5) is 4.39 Å². The quantitative estimate of drug-likeness (QED) is 0.615. The Balaban J connectivity index is 1.47. The molecule has 0 amide bonds. The third-order valence-electron chi connectivity index (χ3n) is 9.15. The minimum absolute atomic E-state index is 0.0871. The molecule has 5 rings (SSSR count). The smallest absolute Gasteiger partial charge is 0.123 e. The molecule has 29 heavy (non-hydrogen) atoms. The number of aliphatic hydroxyl groups is 2.